The fourth-order valence-corrected chi connectivity index (χ4v) is 3.24. The standard InChI is InChI=1S/C17H24N4O/c18-17(19-9-3-11-21-10-2-6-16(21)22)20-15-8-7-13-4-1-5-14(13)12-15/h7-8,12H,1-6,9-11H2,(H3,18,19,20). The van der Waals surface area contributed by atoms with Crippen molar-refractivity contribution < 1.29 is 4.79 Å². The van der Waals surface area contributed by atoms with Crippen molar-refractivity contribution in [2.75, 3.05) is 25.0 Å². The number of likely N-dealkylation sites (tertiary alicyclic amines) is 1. The molecule has 0 bridgehead atoms. The number of aryl methyl sites for hydroxylation is 2. The molecule has 0 unspecified atom stereocenters. The summed E-state index contributed by atoms with van der Waals surface area (Å²) in [5.74, 6) is 0.721. The molecule has 1 saturated heterocycles. The Labute approximate surface area is 131 Å². The molecule has 1 aliphatic heterocycles. The summed E-state index contributed by atoms with van der Waals surface area (Å²) >= 11 is 0. The van der Waals surface area contributed by atoms with Crippen LogP contribution in [0.25, 0.3) is 0 Å². The fraction of sp³-hybridized carbons (Fsp3) is 0.529. The van der Waals surface area contributed by atoms with E-state index in [0.29, 0.717) is 18.9 Å². The first-order valence-electron chi connectivity index (χ1n) is 8.19. The number of fused-ring (bicyclic) bond motifs is 1. The van der Waals surface area contributed by atoms with Crippen molar-refractivity contribution in [3.8, 4) is 0 Å². The predicted octanol–water partition coefficient (Wildman–Crippen LogP) is 1.91. The van der Waals surface area contributed by atoms with Crippen molar-refractivity contribution >= 4 is 17.6 Å². The summed E-state index contributed by atoms with van der Waals surface area (Å²) in [6.45, 7) is 2.33. The van der Waals surface area contributed by atoms with Crippen molar-refractivity contribution in [3.05, 3.63) is 29.3 Å². The zero-order valence-electron chi connectivity index (χ0n) is 13.0. The maximum Gasteiger partial charge on any atom is 0.222 e. The number of carbonyl (C=O) groups is 1. The van der Waals surface area contributed by atoms with Gasteiger partial charge in [0.25, 0.3) is 0 Å². The van der Waals surface area contributed by atoms with Gasteiger partial charge in [-0.3, -0.25) is 9.79 Å². The first-order valence-corrected chi connectivity index (χ1v) is 8.19. The molecule has 5 heteroatoms. The zero-order valence-corrected chi connectivity index (χ0v) is 13.0. The van der Waals surface area contributed by atoms with Gasteiger partial charge in [-0.25, -0.2) is 0 Å². The third-order valence-electron chi connectivity index (χ3n) is 4.41. The second-order valence-electron chi connectivity index (χ2n) is 6.07. The van der Waals surface area contributed by atoms with E-state index in [2.05, 4.69) is 28.5 Å². The molecule has 0 radical (unpaired) electrons. The van der Waals surface area contributed by atoms with Gasteiger partial charge >= 0.3 is 0 Å². The topological polar surface area (TPSA) is 70.7 Å². The molecule has 0 atom stereocenters. The zero-order chi connectivity index (χ0) is 15.4. The second-order valence-corrected chi connectivity index (χ2v) is 6.07. The molecular weight excluding hydrogens is 276 g/mol. The van der Waals surface area contributed by atoms with Crippen LogP contribution in [-0.2, 0) is 17.6 Å². The second kappa shape index (κ2) is 6.81. The number of rotatable bonds is 5. The fourth-order valence-electron chi connectivity index (χ4n) is 3.24. The molecule has 1 aromatic carbocycles. The van der Waals surface area contributed by atoms with Gasteiger partial charge in [-0.2, -0.15) is 0 Å². The summed E-state index contributed by atoms with van der Waals surface area (Å²) in [6.07, 6.45) is 6.14. The van der Waals surface area contributed by atoms with E-state index >= 15 is 0 Å². The average molecular weight is 300 g/mol. The Morgan fingerprint density at radius 2 is 2.09 bits per heavy atom. The number of benzene rings is 1. The van der Waals surface area contributed by atoms with Crippen LogP contribution >= 0.6 is 0 Å². The molecule has 1 fully saturated rings. The molecule has 0 spiro atoms. The van der Waals surface area contributed by atoms with Crippen LogP contribution in [0.15, 0.2) is 23.2 Å². The van der Waals surface area contributed by atoms with E-state index in [1.807, 2.05) is 4.90 Å². The van der Waals surface area contributed by atoms with Gasteiger partial charge in [-0.15, -0.1) is 0 Å². The normalized spacial score (nSPS) is 17.9. The Morgan fingerprint density at radius 1 is 1.23 bits per heavy atom. The highest BCUT2D eigenvalue weighted by Crippen LogP contribution is 2.24. The van der Waals surface area contributed by atoms with E-state index < -0.39 is 0 Å². The summed E-state index contributed by atoms with van der Waals surface area (Å²) in [6, 6.07) is 6.42. The maximum absolute atomic E-state index is 11.5. The summed E-state index contributed by atoms with van der Waals surface area (Å²) in [5, 5.41) is 3.16. The predicted molar refractivity (Wildman–Crippen MR) is 89.0 cm³/mol. The molecule has 22 heavy (non-hydrogen) atoms. The molecule has 5 nitrogen and oxygen atoms in total. The lowest BCUT2D eigenvalue weighted by atomic mass is 10.1. The Bertz CT molecular complexity index is 582. The summed E-state index contributed by atoms with van der Waals surface area (Å²) in [7, 11) is 0. The van der Waals surface area contributed by atoms with Gasteiger partial charge in [0.05, 0.1) is 0 Å². The van der Waals surface area contributed by atoms with Crippen LogP contribution < -0.4 is 11.1 Å². The number of amides is 1. The van der Waals surface area contributed by atoms with Gasteiger partial charge in [-0.05, 0) is 55.4 Å². The lowest BCUT2D eigenvalue weighted by Gasteiger charge is -2.14. The maximum atomic E-state index is 11.5. The van der Waals surface area contributed by atoms with Crippen LogP contribution in [0.1, 0.15) is 36.8 Å². The molecule has 3 N–H and O–H groups in total. The molecule has 0 aromatic heterocycles. The molecule has 3 rings (SSSR count). The molecule has 1 aliphatic carbocycles. The Hall–Kier alpha value is -2.04. The lowest BCUT2D eigenvalue weighted by molar-refractivity contribution is -0.127. The van der Waals surface area contributed by atoms with Crippen molar-refractivity contribution in [1.82, 2.24) is 4.90 Å². The van der Waals surface area contributed by atoms with Crippen LogP contribution in [-0.4, -0.2) is 36.4 Å². The number of carbonyl (C=O) groups excluding carboxylic acids is 1. The van der Waals surface area contributed by atoms with Gasteiger partial charge in [-0.1, -0.05) is 6.07 Å². The average Bonchev–Trinajstić information content (AvgIpc) is 3.12. The number of nitrogens with zero attached hydrogens (tertiary/aromatic N) is 2. The van der Waals surface area contributed by atoms with Crippen LogP contribution in [0.3, 0.4) is 0 Å². The first kappa shape index (κ1) is 14.9. The van der Waals surface area contributed by atoms with Crippen molar-refractivity contribution in [1.29, 1.82) is 0 Å². The minimum Gasteiger partial charge on any atom is -0.370 e. The number of aliphatic imine (C=N–C) groups is 1. The molecule has 1 amide bonds. The van der Waals surface area contributed by atoms with Crippen LogP contribution in [0.4, 0.5) is 5.69 Å². The lowest BCUT2D eigenvalue weighted by Crippen LogP contribution is -2.27. The summed E-state index contributed by atoms with van der Waals surface area (Å²) in [5.41, 5.74) is 9.82. The minimum absolute atomic E-state index is 0.271. The molecule has 1 aromatic rings. The van der Waals surface area contributed by atoms with Gasteiger partial charge in [0.15, 0.2) is 5.96 Å². The number of hydrogen-bond donors (Lipinski definition) is 2. The van der Waals surface area contributed by atoms with Crippen LogP contribution in [0, 0.1) is 0 Å². The SMILES string of the molecule is NC(=NCCCN1CCCC1=O)Nc1ccc2c(c1)CCC2. The van der Waals surface area contributed by atoms with E-state index in [4.69, 9.17) is 5.73 Å². The van der Waals surface area contributed by atoms with Crippen molar-refractivity contribution in [2.24, 2.45) is 10.7 Å². The van der Waals surface area contributed by atoms with Crippen LogP contribution in [0.5, 0.6) is 0 Å². The van der Waals surface area contributed by atoms with E-state index in [9.17, 15) is 4.79 Å². The first-order chi connectivity index (χ1) is 10.7. The Morgan fingerprint density at radius 3 is 2.91 bits per heavy atom. The Balaban J connectivity index is 1.45. The minimum atomic E-state index is 0.271. The number of anilines is 1. The summed E-state index contributed by atoms with van der Waals surface area (Å²) < 4.78 is 0. The van der Waals surface area contributed by atoms with E-state index in [1.165, 1.54) is 24.0 Å². The van der Waals surface area contributed by atoms with Gasteiger partial charge in [0, 0.05) is 31.7 Å². The van der Waals surface area contributed by atoms with Gasteiger partial charge in [0.2, 0.25) is 5.91 Å². The molecular formula is C17H24N4O. The number of guanidine groups is 1. The van der Waals surface area contributed by atoms with Crippen molar-refractivity contribution in [2.45, 2.75) is 38.5 Å². The third kappa shape index (κ3) is 3.59. The smallest absolute Gasteiger partial charge is 0.222 e. The highest BCUT2D eigenvalue weighted by Gasteiger charge is 2.18. The van der Waals surface area contributed by atoms with E-state index in [1.54, 1.807) is 0 Å². The quantitative estimate of drug-likeness (QED) is 0.496. The number of hydrogen-bond acceptors (Lipinski definition) is 2. The van der Waals surface area contributed by atoms with Gasteiger partial charge in [0.1, 0.15) is 0 Å². The van der Waals surface area contributed by atoms with Crippen LogP contribution in [0.2, 0.25) is 0 Å². The summed E-state index contributed by atoms with van der Waals surface area (Å²) in [4.78, 5) is 17.8. The highest BCUT2D eigenvalue weighted by molar-refractivity contribution is 5.92. The highest BCUT2D eigenvalue weighted by atomic mass is 16.2. The molecule has 0 saturated carbocycles. The molecule has 118 valence electrons. The molecule has 2 aliphatic rings. The number of nitrogens with one attached hydrogen (secondary N) is 1. The molecule has 1 heterocycles. The van der Waals surface area contributed by atoms with E-state index in [-0.39, 0.29) is 5.91 Å². The van der Waals surface area contributed by atoms with Crippen molar-refractivity contribution in [3.63, 3.8) is 0 Å². The largest absolute Gasteiger partial charge is 0.370 e. The monoisotopic (exact) mass is 300 g/mol. The van der Waals surface area contributed by atoms with Gasteiger partial charge < -0.3 is 16.0 Å². The number of nitrogens with two attached hydrogens (primary N) is 1. The van der Waals surface area contributed by atoms with E-state index in [0.717, 1.165) is 38.0 Å². The third-order valence-corrected chi connectivity index (χ3v) is 4.41. The Kier molecular flexibility index (Phi) is 4.61.